The number of aromatic nitrogens is 1. The van der Waals surface area contributed by atoms with E-state index in [1.807, 2.05) is 13.0 Å². The van der Waals surface area contributed by atoms with Gasteiger partial charge in [-0.15, -0.1) is 0 Å². The number of likely N-dealkylation sites (tertiary alicyclic amines) is 1. The minimum atomic E-state index is -3.49. The predicted molar refractivity (Wildman–Crippen MR) is 110 cm³/mol. The van der Waals surface area contributed by atoms with E-state index in [1.54, 1.807) is 34.9 Å². The van der Waals surface area contributed by atoms with Crippen LogP contribution >= 0.6 is 0 Å². The van der Waals surface area contributed by atoms with E-state index in [0.717, 1.165) is 36.6 Å². The highest BCUT2D eigenvalue weighted by Gasteiger charge is 2.24. The molecule has 1 saturated heterocycles. The zero-order valence-electron chi connectivity index (χ0n) is 16.3. The lowest BCUT2D eigenvalue weighted by Gasteiger charge is -2.26. The maximum Gasteiger partial charge on any atom is 0.243 e. The van der Waals surface area contributed by atoms with Crippen molar-refractivity contribution in [1.29, 1.82) is 0 Å². The minimum absolute atomic E-state index is 0.387. The number of hydrogen-bond donors (Lipinski definition) is 0. The molecule has 3 rings (SSSR count). The number of nitrogens with zero attached hydrogens (tertiary/aromatic N) is 3. The van der Waals surface area contributed by atoms with Gasteiger partial charge in [0.1, 0.15) is 0 Å². The molecule has 1 aromatic heterocycles. The topological polar surface area (TPSA) is 53.5 Å². The second-order valence-electron chi connectivity index (χ2n) is 7.31. The Labute approximate surface area is 163 Å². The van der Waals surface area contributed by atoms with Crippen LogP contribution < -0.4 is 0 Å². The number of hydrogen-bond acceptors (Lipinski definition) is 4. The van der Waals surface area contributed by atoms with Crippen molar-refractivity contribution in [3.05, 3.63) is 36.7 Å². The molecule has 6 heteroatoms. The zero-order valence-corrected chi connectivity index (χ0v) is 17.1. The lowest BCUT2D eigenvalue weighted by Crippen LogP contribution is -2.32. The summed E-state index contributed by atoms with van der Waals surface area (Å²) in [5.74, 6) is 0. The van der Waals surface area contributed by atoms with Crippen LogP contribution in [0.15, 0.2) is 41.6 Å². The Morgan fingerprint density at radius 2 is 1.89 bits per heavy atom. The largest absolute Gasteiger partial charge is 0.303 e. The number of piperidine rings is 1. The molecule has 1 aliphatic heterocycles. The smallest absolute Gasteiger partial charge is 0.243 e. The van der Waals surface area contributed by atoms with E-state index in [-0.39, 0.29) is 0 Å². The standard InChI is InChI=1S/C21H31N3O2S/c1-2-24(17-8-4-7-16-23-14-5-3-6-15-23)27(25,26)21-11-9-10-19-18-22-13-12-20(19)21/h9-13,18H,2-8,14-17H2,1H3. The molecule has 0 atom stereocenters. The molecule has 0 spiro atoms. The molecule has 0 bridgehead atoms. The molecular weight excluding hydrogens is 358 g/mol. The van der Waals surface area contributed by atoms with Crippen molar-refractivity contribution < 1.29 is 8.42 Å². The van der Waals surface area contributed by atoms with Gasteiger partial charge in [0.2, 0.25) is 10.0 Å². The van der Waals surface area contributed by atoms with Crippen LogP contribution in [0.1, 0.15) is 45.4 Å². The molecular formula is C21H31N3O2S. The molecule has 1 aromatic carbocycles. The molecule has 5 nitrogen and oxygen atoms in total. The van der Waals surface area contributed by atoms with Gasteiger partial charge in [-0.05, 0) is 57.5 Å². The van der Waals surface area contributed by atoms with Gasteiger partial charge in [0.15, 0.2) is 0 Å². The van der Waals surface area contributed by atoms with Crippen LogP contribution in [0.5, 0.6) is 0 Å². The molecule has 0 radical (unpaired) electrons. The molecule has 2 heterocycles. The number of rotatable bonds is 9. The molecule has 0 aliphatic carbocycles. The second-order valence-corrected chi connectivity index (χ2v) is 9.22. The molecule has 1 fully saturated rings. The van der Waals surface area contributed by atoms with Gasteiger partial charge in [-0.2, -0.15) is 4.31 Å². The maximum atomic E-state index is 13.2. The Morgan fingerprint density at radius 1 is 1.07 bits per heavy atom. The summed E-state index contributed by atoms with van der Waals surface area (Å²) in [6.45, 7) is 6.60. The molecule has 2 aromatic rings. The summed E-state index contributed by atoms with van der Waals surface area (Å²) < 4.78 is 28.0. The van der Waals surface area contributed by atoms with Gasteiger partial charge < -0.3 is 4.90 Å². The first-order valence-electron chi connectivity index (χ1n) is 10.2. The average Bonchev–Trinajstić information content (AvgIpc) is 2.70. The molecule has 0 amide bonds. The molecule has 0 saturated carbocycles. The first-order chi connectivity index (χ1) is 13.1. The summed E-state index contributed by atoms with van der Waals surface area (Å²) in [6, 6.07) is 7.19. The first kappa shape index (κ1) is 20.2. The van der Waals surface area contributed by atoms with E-state index in [9.17, 15) is 8.42 Å². The maximum absolute atomic E-state index is 13.2. The predicted octanol–water partition coefficient (Wildman–Crippen LogP) is 3.90. The molecule has 1 aliphatic rings. The van der Waals surface area contributed by atoms with Crippen molar-refractivity contribution in [1.82, 2.24) is 14.2 Å². The van der Waals surface area contributed by atoms with Gasteiger partial charge in [-0.25, -0.2) is 8.42 Å². The van der Waals surface area contributed by atoms with Crippen molar-refractivity contribution >= 4 is 20.8 Å². The Kier molecular flexibility index (Phi) is 7.21. The Hall–Kier alpha value is -1.50. The summed E-state index contributed by atoms with van der Waals surface area (Å²) in [5.41, 5.74) is 0. The van der Waals surface area contributed by atoms with Crippen LogP contribution in [0, 0.1) is 0 Å². The Bertz CT molecular complexity index is 827. The number of pyridine rings is 1. The van der Waals surface area contributed by atoms with Gasteiger partial charge >= 0.3 is 0 Å². The van der Waals surface area contributed by atoms with E-state index >= 15 is 0 Å². The quantitative estimate of drug-likeness (QED) is 0.610. The number of sulfonamides is 1. The highest BCUT2D eigenvalue weighted by atomic mass is 32.2. The Morgan fingerprint density at radius 3 is 2.67 bits per heavy atom. The SMILES string of the molecule is CCN(CCCCCN1CCCCC1)S(=O)(=O)c1cccc2cnccc12. The molecule has 27 heavy (non-hydrogen) atoms. The van der Waals surface area contributed by atoms with Gasteiger partial charge in [0.25, 0.3) is 0 Å². The number of fused-ring (bicyclic) bond motifs is 1. The fourth-order valence-electron chi connectivity index (χ4n) is 3.89. The Balaban J connectivity index is 1.58. The van der Waals surface area contributed by atoms with Crippen LogP contribution in [-0.4, -0.2) is 55.3 Å². The minimum Gasteiger partial charge on any atom is -0.303 e. The third-order valence-corrected chi connectivity index (χ3v) is 7.47. The summed E-state index contributed by atoms with van der Waals surface area (Å²) >= 11 is 0. The number of benzene rings is 1. The van der Waals surface area contributed by atoms with Crippen molar-refractivity contribution in [2.24, 2.45) is 0 Å². The van der Waals surface area contributed by atoms with Crippen molar-refractivity contribution in [3.63, 3.8) is 0 Å². The average molecular weight is 390 g/mol. The lowest BCUT2D eigenvalue weighted by atomic mass is 10.1. The molecule has 0 N–H and O–H groups in total. The molecule has 148 valence electrons. The van der Waals surface area contributed by atoms with E-state index in [2.05, 4.69) is 9.88 Å². The third kappa shape index (κ3) is 5.06. The zero-order chi connectivity index (χ0) is 19.1. The van der Waals surface area contributed by atoms with Crippen LogP contribution in [-0.2, 0) is 10.0 Å². The van der Waals surface area contributed by atoms with Gasteiger partial charge in [0, 0.05) is 36.3 Å². The lowest BCUT2D eigenvalue weighted by molar-refractivity contribution is 0.223. The van der Waals surface area contributed by atoms with Crippen molar-refractivity contribution in [2.45, 2.75) is 50.3 Å². The van der Waals surface area contributed by atoms with Crippen LogP contribution in [0.3, 0.4) is 0 Å². The highest BCUT2D eigenvalue weighted by molar-refractivity contribution is 7.89. The summed E-state index contributed by atoms with van der Waals surface area (Å²) in [5, 5.41) is 1.60. The van der Waals surface area contributed by atoms with Crippen LogP contribution in [0.4, 0.5) is 0 Å². The van der Waals surface area contributed by atoms with E-state index in [0.29, 0.717) is 18.0 Å². The van der Waals surface area contributed by atoms with Crippen LogP contribution in [0.25, 0.3) is 10.8 Å². The second kappa shape index (κ2) is 9.62. The third-order valence-electron chi connectivity index (χ3n) is 5.44. The van der Waals surface area contributed by atoms with Crippen molar-refractivity contribution in [3.8, 4) is 0 Å². The normalized spacial score (nSPS) is 16.2. The van der Waals surface area contributed by atoms with Gasteiger partial charge in [-0.3, -0.25) is 4.98 Å². The molecule has 0 unspecified atom stereocenters. The monoisotopic (exact) mass is 389 g/mol. The number of unbranched alkanes of at least 4 members (excludes halogenated alkanes) is 2. The highest BCUT2D eigenvalue weighted by Crippen LogP contribution is 2.25. The summed E-state index contributed by atoms with van der Waals surface area (Å²) in [6.07, 6.45) is 10.5. The van der Waals surface area contributed by atoms with Gasteiger partial charge in [0.05, 0.1) is 4.90 Å². The van der Waals surface area contributed by atoms with E-state index < -0.39 is 10.0 Å². The van der Waals surface area contributed by atoms with E-state index in [1.165, 1.54) is 32.4 Å². The first-order valence-corrected chi connectivity index (χ1v) is 11.6. The van der Waals surface area contributed by atoms with Gasteiger partial charge in [-0.1, -0.05) is 31.9 Å². The summed E-state index contributed by atoms with van der Waals surface area (Å²) in [4.78, 5) is 7.03. The van der Waals surface area contributed by atoms with Crippen molar-refractivity contribution in [2.75, 3.05) is 32.7 Å². The van der Waals surface area contributed by atoms with E-state index in [4.69, 9.17) is 0 Å². The fraction of sp³-hybridized carbons (Fsp3) is 0.571. The summed E-state index contributed by atoms with van der Waals surface area (Å²) in [7, 11) is -3.49. The van der Waals surface area contributed by atoms with Crippen LogP contribution in [0.2, 0.25) is 0 Å². The fourth-order valence-corrected chi connectivity index (χ4v) is 5.59.